The third kappa shape index (κ3) is 1.76. The summed E-state index contributed by atoms with van der Waals surface area (Å²) < 4.78 is 0. The van der Waals surface area contributed by atoms with E-state index in [0.29, 0.717) is 0 Å². The van der Waals surface area contributed by atoms with Crippen molar-refractivity contribution in [1.82, 2.24) is 9.88 Å². The topological polar surface area (TPSA) is 19.4 Å². The fourth-order valence-corrected chi connectivity index (χ4v) is 1.42. The van der Waals surface area contributed by atoms with E-state index in [1.54, 1.807) is 6.20 Å². The molecule has 0 saturated carbocycles. The van der Waals surface area contributed by atoms with Crippen molar-refractivity contribution >= 4 is 5.82 Å². The summed E-state index contributed by atoms with van der Waals surface area (Å²) >= 11 is 0. The van der Waals surface area contributed by atoms with Gasteiger partial charge in [0.25, 0.3) is 0 Å². The molecule has 3 nitrogen and oxygen atoms in total. The second-order valence-corrected chi connectivity index (χ2v) is 3.16. The highest BCUT2D eigenvalue weighted by molar-refractivity contribution is 5.42. The molecule has 0 spiro atoms. The maximum absolute atomic E-state index is 4.28. The molecule has 0 saturated heterocycles. The van der Waals surface area contributed by atoms with Gasteiger partial charge < -0.3 is 9.80 Å². The van der Waals surface area contributed by atoms with Crippen molar-refractivity contribution in [3.8, 4) is 0 Å². The van der Waals surface area contributed by atoms with Gasteiger partial charge in [0.1, 0.15) is 5.82 Å². The van der Waals surface area contributed by atoms with Gasteiger partial charge in [0.2, 0.25) is 0 Å². The van der Waals surface area contributed by atoms with Gasteiger partial charge in [-0.25, -0.2) is 4.98 Å². The Hall–Kier alpha value is -1.77. The summed E-state index contributed by atoms with van der Waals surface area (Å²) in [5, 5.41) is 0. The molecule has 2 rings (SSSR count). The number of hydrogen-bond donors (Lipinski definition) is 0. The van der Waals surface area contributed by atoms with Crippen molar-refractivity contribution in [1.29, 1.82) is 0 Å². The Morgan fingerprint density at radius 1 is 1.43 bits per heavy atom. The maximum atomic E-state index is 4.28. The minimum absolute atomic E-state index is 0.850. The molecule has 0 radical (unpaired) electrons. The van der Waals surface area contributed by atoms with Gasteiger partial charge >= 0.3 is 0 Å². The van der Waals surface area contributed by atoms with Gasteiger partial charge in [-0.1, -0.05) is 12.1 Å². The maximum Gasteiger partial charge on any atom is 0.133 e. The summed E-state index contributed by atoms with van der Waals surface area (Å²) in [4.78, 5) is 8.55. The summed E-state index contributed by atoms with van der Waals surface area (Å²) in [6.07, 6.45) is 7.79. The quantitative estimate of drug-likeness (QED) is 0.673. The van der Waals surface area contributed by atoms with Crippen LogP contribution >= 0.6 is 0 Å². The Morgan fingerprint density at radius 3 is 3.07 bits per heavy atom. The van der Waals surface area contributed by atoms with E-state index in [9.17, 15) is 0 Å². The van der Waals surface area contributed by atoms with E-state index in [4.69, 9.17) is 0 Å². The Morgan fingerprint density at radius 2 is 2.36 bits per heavy atom. The van der Waals surface area contributed by atoms with Crippen LogP contribution in [0.5, 0.6) is 0 Å². The van der Waals surface area contributed by atoms with Crippen LogP contribution in [0, 0.1) is 0 Å². The van der Waals surface area contributed by atoms with Crippen molar-refractivity contribution in [3.63, 3.8) is 0 Å². The van der Waals surface area contributed by atoms with Crippen LogP contribution < -0.4 is 4.90 Å². The van der Waals surface area contributed by atoms with Crippen LogP contribution in [0.25, 0.3) is 0 Å². The van der Waals surface area contributed by atoms with Gasteiger partial charge in [0, 0.05) is 25.1 Å². The first kappa shape index (κ1) is 8.81. The fourth-order valence-electron chi connectivity index (χ4n) is 1.42. The monoisotopic (exact) mass is 187 g/mol. The van der Waals surface area contributed by atoms with E-state index < -0.39 is 0 Å². The van der Waals surface area contributed by atoms with Crippen LogP contribution in [-0.4, -0.2) is 23.1 Å². The Balaban J connectivity index is 2.04. The highest BCUT2D eigenvalue weighted by atomic mass is 15.4. The number of pyridine rings is 1. The molecule has 0 fully saturated rings. The molecule has 1 aliphatic rings. The predicted octanol–water partition coefficient (Wildman–Crippen LogP) is 1.82. The zero-order valence-corrected chi connectivity index (χ0v) is 8.00. The fraction of sp³-hybridized carbons (Fsp3) is 0.182. The van der Waals surface area contributed by atoms with Crippen LogP contribution in [0.1, 0.15) is 0 Å². The molecule has 0 atom stereocenters. The van der Waals surface area contributed by atoms with Crippen molar-refractivity contribution in [2.75, 3.05) is 18.1 Å². The molecule has 1 aliphatic heterocycles. The van der Waals surface area contributed by atoms with Gasteiger partial charge in [-0.05, 0) is 12.1 Å². The van der Waals surface area contributed by atoms with Crippen LogP contribution in [0.4, 0.5) is 5.82 Å². The highest BCUT2D eigenvalue weighted by Crippen LogP contribution is 2.15. The first-order chi connectivity index (χ1) is 6.90. The number of anilines is 1. The van der Waals surface area contributed by atoms with Crippen molar-refractivity contribution in [2.24, 2.45) is 0 Å². The van der Waals surface area contributed by atoms with E-state index in [2.05, 4.69) is 27.6 Å². The van der Waals surface area contributed by atoms with Crippen LogP contribution in [-0.2, 0) is 0 Å². The number of nitrogens with zero attached hydrogens (tertiary/aromatic N) is 3. The second kappa shape index (κ2) is 3.96. The first-order valence-corrected chi connectivity index (χ1v) is 4.61. The van der Waals surface area contributed by atoms with Gasteiger partial charge in [-0.3, -0.25) is 0 Å². The van der Waals surface area contributed by atoms with Crippen molar-refractivity contribution < 1.29 is 0 Å². The van der Waals surface area contributed by atoms with Gasteiger partial charge in [-0.2, -0.15) is 0 Å². The lowest BCUT2D eigenvalue weighted by Gasteiger charge is -2.18. The van der Waals surface area contributed by atoms with Crippen LogP contribution in [0.15, 0.2) is 49.5 Å². The minimum atomic E-state index is 0.850. The second-order valence-electron chi connectivity index (χ2n) is 3.16. The number of rotatable bonds is 3. The van der Waals surface area contributed by atoms with Crippen molar-refractivity contribution in [2.45, 2.75) is 0 Å². The molecule has 3 heteroatoms. The molecule has 0 N–H and O–H groups in total. The summed E-state index contributed by atoms with van der Waals surface area (Å²) in [6, 6.07) is 5.92. The first-order valence-electron chi connectivity index (χ1n) is 4.61. The summed E-state index contributed by atoms with van der Waals surface area (Å²) in [5.74, 6) is 0.982. The lowest BCUT2D eigenvalue weighted by Crippen LogP contribution is -2.25. The molecular formula is C11H13N3. The Labute approximate surface area is 84.0 Å². The van der Waals surface area contributed by atoms with E-state index in [1.165, 1.54) is 0 Å². The van der Waals surface area contributed by atoms with Gasteiger partial charge in [-0.15, -0.1) is 6.58 Å². The largest absolute Gasteiger partial charge is 0.354 e. The molecule has 0 bridgehead atoms. The van der Waals surface area contributed by atoms with Crippen LogP contribution in [0.3, 0.4) is 0 Å². The van der Waals surface area contributed by atoms with E-state index in [0.717, 1.165) is 19.0 Å². The molecule has 1 aromatic heterocycles. The molecular weight excluding hydrogens is 174 g/mol. The summed E-state index contributed by atoms with van der Waals surface area (Å²) in [7, 11) is 0. The molecule has 72 valence electrons. The van der Waals surface area contributed by atoms with E-state index in [1.807, 2.05) is 30.5 Å². The SMILES string of the molecule is C=CCN1C=CN(c2ccccn2)C1. The summed E-state index contributed by atoms with van der Waals surface area (Å²) in [5.41, 5.74) is 0. The average molecular weight is 187 g/mol. The minimum Gasteiger partial charge on any atom is -0.354 e. The smallest absolute Gasteiger partial charge is 0.133 e. The van der Waals surface area contributed by atoms with E-state index >= 15 is 0 Å². The Kier molecular flexibility index (Phi) is 2.49. The highest BCUT2D eigenvalue weighted by Gasteiger charge is 2.12. The third-order valence-electron chi connectivity index (χ3n) is 2.10. The summed E-state index contributed by atoms with van der Waals surface area (Å²) in [6.45, 7) is 5.44. The Bertz CT molecular complexity index is 332. The molecule has 0 aromatic carbocycles. The third-order valence-corrected chi connectivity index (χ3v) is 2.10. The molecule has 1 aromatic rings. The van der Waals surface area contributed by atoms with E-state index in [-0.39, 0.29) is 0 Å². The molecule has 0 amide bonds. The lowest BCUT2D eigenvalue weighted by molar-refractivity contribution is 0.450. The van der Waals surface area contributed by atoms with Gasteiger partial charge in [0.05, 0.1) is 6.67 Å². The zero-order valence-electron chi connectivity index (χ0n) is 8.00. The zero-order chi connectivity index (χ0) is 9.80. The van der Waals surface area contributed by atoms with Gasteiger partial charge in [0.15, 0.2) is 0 Å². The molecule has 14 heavy (non-hydrogen) atoms. The molecule has 0 aliphatic carbocycles. The normalized spacial score (nSPS) is 14.9. The van der Waals surface area contributed by atoms with Crippen LogP contribution in [0.2, 0.25) is 0 Å². The lowest BCUT2D eigenvalue weighted by atomic mass is 10.4. The standard InChI is InChI=1S/C11H13N3/c1-2-7-13-8-9-14(10-13)11-5-3-4-6-12-11/h2-6,8-9H,1,7,10H2. The van der Waals surface area contributed by atoms with Crippen molar-refractivity contribution in [3.05, 3.63) is 49.5 Å². The number of hydrogen-bond acceptors (Lipinski definition) is 3. The molecule has 0 unspecified atom stereocenters. The predicted molar refractivity (Wildman–Crippen MR) is 57.6 cm³/mol. The average Bonchev–Trinajstić information content (AvgIpc) is 2.68. The molecule has 2 heterocycles. The number of aromatic nitrogens is 1.